The normalized spacial score (nSPS) is 19.6. The summed E-state index contributed by atoms with van der Waals surface area (Å²) in [7, 11) is 0. The number of carbonyl (C=O) groups excluding carboxylic acids is 2. The summed E-state index contributed by atoms with van der Waals surface area (Å²) in [5.74, 6) is -0.465. The lowest BCUT2D eigenvalue weighted by Gasteiger charge is -2.39. The van der Waals surface area contributed by atoms with Gasteiger partial charge in [0.25, 0.3) is 5.91 Å². The van der Waals surface area contributed by atoms with Gasteiger partial charge in [-0.25, -0.2) is 4.39 Å². The molecule has 1 saturated heterocycles. The number of carbonyl (C=O) groups is 2. The summed E-state index contributed by atoms with van der Waals surface area (Å²) in [6, 6.07) is 13.7. The molecule has 0 saturated carbocycles. The molecular weight excluding hydrogens is 343 g/mol. The Balaban J connectivity index is 1.65. The van der Waals surface area contributed by atoms with Gasteiger partial charge in [0.05, 0.1) is 5.41 Å². The van der Waals surface area contributed by atoms with Crippen LogP contribution in [0, 0.1) is 18.2 Å². The van der Waals surface area contributed by atoms with Crippen molar-refractivity contribution in [3.8, 4) is 0 Å². The number of hydrogen-bond acceptors (Lipinski definition) is 2. The second kappa shape index (κ2) is 7.91. The third kappa shape index (κ3) is 4.54. The van der Waals surface area contributed by atoms with Gasteiger partial charge in [0.1, 0.15) is 5.82 Å². The van der Waals surface area contributed by atoms with Crippen LogP contribution in [0.4, 0.5) is 4.39 Å². The largest absolute Gasteiger partial charge is 0.351 e. The van der Waals surface area contributed by atoms with Crippen LogP contribution in [0.2, 0.25) is 0 Å². The van der Waals surface area contributed by atoms with E-state index < -0.39 is 5.41 Å². The van der Waals surface area contributed by atoms with Crippen molar-refractivity contribution in [3.63, 3.8) is 0 Å². The van der Waals surface area contributed by atoms with Crippen molar-refractivity contribution in [2.24, 2.45) is 5.41 Å². The molecule has 27 heavy (non-hydrogen) atoms. The van der Waals surface area contributed by atoms with Crippen LogP contribution in [0.5, 0.6) is 0 Å². The first kappa shape index (κ1) is 19.1. The number of aryl methyl sites for hydroxylation is 1. The Labute approximate surface area is 159 Å². The highest BCUT2D eigenvalue weighted by Gasteiger charge is 2.39. The second-order valence-corrected chi connectivity index (χ2v) is 7.57. The molecule has 2 aromatic rings. The van der Waals surface area contributed by atoms with Crippen molar-refractivity contribution >= 4 is 11.8 Å². The molecule has 0 spiro atoms. The first-order chi connectivity index (χ1) is 12.9. The zero-order valence-corrected chi connectivity index (χ0v) is 15.8. The summed E-state index contributed by atoms with van der Waals surface area (Å²) in [5, 5.41) is 2.90. The summed E-state index contributed by atoms with van der Waals surface area (Å²) < 4.78 is 13.3. The molecule has 2 amide bonds. The minimum atomic E-state index is -0.647. The maximum absolute atomic E-state index is 13.3. The quantitative estimate of drug-likeness (QED) is 0.895. The summed E-state index contributed by atoms with van der Waals surface area (Å²) in [4.78, 5) is 27.3. The first-order valence-corrected chi connectivity index (χ1v) is 9.26. The summed E-state index contributed by atoms with van der Waals surface area (Å²) in [5.41, 5.74) is 1.82. The van der Waals surface area contributed by atoms with Crippen molar-refractivity contribution in [2.75, 3.05) is 13.1 Å². The fourth-order valence-electron chi connectivity index (χ4n) is 3.52. The molecule has 1 aliphatic heterocycles. The van der Waals surface area contributed by atoms with Crippen molar-refractivity contribution in [3.05, 3.63) is 71.0 Å². The molecule has 4 nitrogen and oxygen atoms in total. The molecule has 0 aromatic heterocycles. The number of nitrogens with zero attached hydrogens (tertiary/aromatic N) is 1. The molecule has 1 aliphatic rings. The number of halogens is 1. The van der Waals surface area contributed by atoms with Crippen LogP contribution in [0.15, 0.2) is 48.5 Å². The molecule has 0 bridgehead atoms. The van der Waals surface area contributed by atoms with Crippen molar-refractivity contribution < 1.29 is 14.0 Å². The predicted octanol–water partition coefficient (Wildman–Crippen LogP) is 3.69. The molecule has 1 heterocycles. The van der Waals surface area contributed by atoms with E-state index >= 15 is 0 Å². The number of hydrogen-bond donors (Lipinski definition) is 1. The van der Waals surface area contributed by atoms with Crippen LogP contribution < -0.4 is 5.32 Å². The molecule has 1 fully saturated rings. The lowest BCUT2D eigenvalue weighted by molar-refractivity contribution is -0.132. The summed E-state index contributed by atoms with van der Waals surface area (Å²) in [6.45, 7) is 5.18. The van der Waals surface area contributed by atoms with Gasteiger partial charge >= 0.3 is 0 Å². The molecule has 3 rings (SSSR count). The minimum absolute atomic E-state index is 0.0427. The lowest BCUT2D eigenvalue weighted by atomic mass is 9.80. The van der Waals surface area contributed by atoms with Gasteiger partial charge in [-0.3, -0.25) is 9.59 Å². The van der Waals surface area contributed by atoms with Crippen LogP contribution in [-0.2, 0) is 11.3 Å². The standard InChI is InChI=1S/C22H25FN2O2/c1-16-7-9-18(10-8-16)20(26)25-12-4-11-22(2,15-25)21(27)24-14-17-5-3-6-19(23)13-17/h3,5-10,13H,4,11-12,14-15H2,1-2H3,(H,24,27)/t22-/m1/s1. The highest BCUT2D eigenvalue weighted by atomic mass is 19.1. The Morgan fingerprint density at radius 2 is 1.93 bits per heavy atom. The average Bonchev–Trinajstić information content (AvgIpc) is 2.66. The fourth-order valence-corrected chi connectivity index (χ4v) is 3.52. The van der Waals surface area contributed by atoms with E-state index in [0.29, 0.717) is 18.7 Å². The molecule has 0 unspecified atom stereocenters. The highest BCUT2D eigenvalue weighted by molar-refractivity contribution is 5.95. The van der Waals surface area contributed by atoms with E-state index in [1.54, 1.807) is 17.0 Å². The maximum atomic E-state index is 13.3. The van der Waals surface area contributed by atoms with Gasteiger partial charge in [-0.1, -0.05) is 29.8 Å². The van der Waals surface area contributed by atoms with Gasteiger partial charge < -0.3 is 10.2 Å². The van der Waals surface area contributed by atoms with Gasteiger partial charge in [-0.2, -0.15) is 0 Å². The monoisotopic (exact) mass is 368 g/mol. The fraction of sp³-hybridized carbons (Fsp3) is 0.364. The molecule has 0 aliphatic carbocycles. The molecular formula is C22H25FN2O2. The molecule has 5 heteroatoms. The Morgan fingerprint density at radius 1 is 1.19 bits per heavy atom. The van der Waals surface area contributed by atoms with Gasteiger partial charge in [-0.05, 0) is 56.5 Å². The van der Waals surface area contributed by atoms with Gasteiger partial charge in [-0.15, -0.1) is 0 Å². The van der Waals surface area contributed by atoms with E-state index in [1.807, 2.05) is 38.1 Å². The topological polar surface area (TPSA) is 49.4 Å². The molecule has 1 N–H and O–H groups in total. The zero-order valence-electron chi connectivity index (χ0n) is 15.8. The molecule has 0 radical (unpaired) electrons. The minimum Gasteiger partial charge on any atom is -0.351 e. The van der Waals surface area contributed by atoms with Gasteiger partial charge in [0.15, 0.2) is 0 Å². The number of nitrogens with one attached hydrogen (secondary N) is 1. The average molecular weight is 368 g/mol. The Bertz CT molecular complexity index is 834. The predicted molar refractivity (Wildman–Crippen MR) is 103 cm³/mol. The summed E-state index contributed by atoms with van der Waals surface area (Å²) >= 11 is 0. The third-order valence-electron chi connectivity index (χ3n) is 5.17. The maximum Gasteiger partial charge on any atom is 0.253 e. The molecule has 142 valence electrons. The van der Waals surface area contributed by atoms with Crippen LogP contribution in [-0.4, -0.2) is 29.8 Å². The number of rotatable bonds is 4. The molecule has 1 atom stereocenters. The van der Waals surface area contributed by atoms with Crippen molar-refractivity contribution in [1.82, 2.24) is 10.2 Å². The Hall–Kier alpha value is -2.69. The van der Waals surface area contributed by atoms with E-state index in [2.05, 4.69) is 5.32 Å². The van der Waals surface area contributed by atoms with Crippen LogP contribution in [0.3, 0.4) is 0 Å². The Kier molecular flexibility index (Phi) is 5.59. The van der Waals surface area contributed by atoms with E-state index in [9.17, 15) is 14.0 Å². The smallest absolute Gasteiger partial charge is 0.253 e. The Morgan fingerprint density at radius 3 is 2.63 bits per heavy atom. The number of benzene rings is 2. The lowest BCUT2D eigenvalue weighted by Crippen LogP contribution is -2.51. The first-order valence-electron chi connectivity index (χ1n) is 9.26. The third-order valence-corrected chi connectivity index (χ3v) is 5.17. The van der Waals surface area contributed by atoms with Gasteiger partial charge in [0.2, 0.25) is 5.91 Å². The highest BCUT2D eigenvalue weighted by Crippen LogP contribution is 2.30. The number of likely N-dealkylation sites (tertiary alicyclic amines) is 1. The zero-order chi connectivity index (χ0) is 19.4. The van der Waals surface area contributed by atoms with E-state index in [-0.39, 0.29) is 24.2 Å². The van der Waals surface area contributed by atoms with E-state index in [0.717, 1.165) is 24.0 Å². The molecule has 2 aromatic carbocycles. The van der Waals surface area contributed by atoms with Crippen LogP contribution in [0.1, 0.15) is 41.3 Å². The van der Waals surface area contributed by atoms with E-state index in [1.165, 1.54) is 12.1 Å². The van der Waals surface area contributed by atoms with Gasteiger partial charge in [0, 0.05) is 25.2 Å². The number of amides is 2. The SMILES string of the molecule is Cc1ccc(C(=O)N2CCC[C@@](C)(C(=O)NCc3cccc(F)c3)C2)cc1. The summed E-state index contributed by atoms with van der Waals surface area (Å²) in [6.07, 6.45) is 1.50. The van der Waals surface area contributed by atoms with Crippen LogP contribution in [0.25, 0.3) is 0 Å². The number of piperidine rings is 1. The van der Waals surface area contributed by atoms with Crippen molar-refractivity contribution in [1.29, 1.82) is 0 Å². The van der Waals surface area contributed by atoms with Crippen molar-refractivity contribution in [2.45, 2.75) is 33.2 Å². The van der Waals surface area contributed by atoms with E-state index in [4.69, 9.17) is 0 Å². The van der Waals surface area contributed by atoms with Crippen LogP contribution >= 0.6 is 0 Å². The second-order valence-electron chi connectivity index (χ2n) is 7.57.